The highest BCUT2D eigenvalue weighted by Gasteiger charge is 2.10. The molecule has 0 spiro atoms. The van der Waals surface area contributed by atoms with E-state index < -0.39 is 0 Å². The highest BCUT2D eigenvalue weighted by atomic mass is 35.5. The molecule has 0 fully saturated rings. The Hall–Kier alpha value is -3.12. The first-order valence-corrected chi connectivity index (χ1v) is 8.91. The standard InChI is InChI=1S/C20H19ClN4O2/c1-2-11-27-17-9-5-15(6-10-17)18-12-19(24-23-18)20(26)25-22-13-14-3-7-16(21)8-4-14/h3-10,12-13H,2,11H2,1H3,(H,23,24)(H,25,26). The van der Waals surface area contributed by atoms with Crippen LogP contribution in [-0.2, 0) is 0 Å². The minimum absolute atomic E-state index is 0.324. The van der Waals surface area contributed by atoms with E-state index in [1.807, 2.05) is 24.3 Å². The molecular formula is C20H19ClN4O2. The van der Waals surface area contributed by atoms with Crippen LogP contribution in [0.1, 0.15) is 29.4 Å². The number of hydrazone groups is 1. The van der Waals surface area contributed by atoms with Crippen LogP contribution < -0.4 is 10.2 Å². The summed E-state index contributed by atoms with van der Waals surface area (Å²) in [7, 11) is 0. The highest BCUT2D eigenvalue weighted by molar-refractivity contribution is 6.30. The molecule has 27 heavy (non-hydrogen) atoms. The van der Waals surface area contributed by atoms with Gasteiger partial charge in [0.05, 0.1) is 18.5 Å². The van der Waals surface area contributed by atoms with E-state index in [0.29, 0.717) is 23.0 Å². The number of hydrogen-bond donors (Lipinski definition) is 2. The van der Waals surface area contributed by atoms with Gasteiger partial charge in [0.1, 0.15) is 11.4 Å². The zero-order chi connectivity index (χ0) is 19.1. The molecule has 3 aromatic rings. The first-order chi connectivity index (χ1) is 13.2. The lowest BCUT2D eigenvalue weighted by Crippen LogP contribution is -2.17. The predicted octanol–water partition coefficient (Wildman–Crippen LogP) is 4.28. The van der Waals surface area contributed by atoms with Crippen molar-refractivity contribution in [2.45, 2.75) is 13.3 Å². The van der Waals surface area contributed by atoms with Crippen molar-refractivity contribution in [2.75, 3.05) is 6.61 Å². The van der Waals surface area contributed by atoms with Crippen LogP contribution in [0.25, 0.3) is 11.3 Å². The van der Waals surface area contributed by atoms with Crippen molar-refractivity contribution >= 4 is 23.7 Å². The van der Waals surface area contributed by atoms with Gasteiger partial charge in [-0.25, -0.2) is 5.43 Å². The van der Waals surface area contributed by atoms with Crippen molar-refractivity contribution < 1.29 is 9.53 Å². The van der Waals surface area contributed by atoms with Gasteiger partial charge in [-0.05, 0) is 54.4 Å². The summed E-state index contributed by atoms with van der Waals surface area (Å²) in [6.07, 6.45) is 2.50. The first-order valence-electron chi connectivity index (χ1n) is 8.53. The number of carbonyl (C=O) groups excluding carboxylic acids is 1. The van der Waals surface area contributed by atoms with Crippen LogP contribution in [0, 0.1) is 0 Å². The van der Waals surface area contributed by atoms with Gasteiger partial charge in [-0.15, -0.1) is 0 Å². The van der Waals surface area contributed by atoms with E-state index in [4.69, 9.17) is 16.3 Å². The highest BCUT2D eigenvalue weighted by Crippen LogP contribution is 2.21. The summed E-state index contributed by atoms with van der Waals surface area (Å²) in [6, 6.07) is 16.4. The molecule has 0 aliphatic carbocycles. The molecule has 0 aliphatic heterocycles. The summed E-state index contributed by atoms with van der Waals surface area (Å²) in [5.74, 6) is 0.438. The third-order valence-corrected chi connectivity index (χ3v) is 3.95. The number of ether oxygens (including phenoxy) is 1. The van der Waals surface area contributed by atoms with Crippen LogP contribution in [0.15, 0.2) is 59.7 Å². The number of H-pyrrole nitrogens is 1. The molecule has 6 nitrogen and oxygen atoms in total. The van der Waals surface area contributed by atoms with Gasteiger partial charge in [0.15, 0.2) is 0 Å². The molecule has 1 heterocycles. The number of aromatic amines is 1. The number of benzene rings is 2. The van der Waals surface area contributed by atoms with E-state index in [0.717, 1.165) is 23.3 Å². The summed E-state index contributed by atoms with van der Waals surface area (Å²) in [6.45, 7) is 2.74. The summed E-state index contributed by atoms with van der Waals surface area (Å²) < 4.78 is 5.56. The fourth-order valence-electron chi connectivity index (χ4n) is 2.30. The maximum Gasteiger partial charge on any atom is 0.289 e. The van der Waals surface area contributed by atoms with E-state index >= 15 is 0 Å². The van der Waals surface area contributed by atoms with Crippen molar-refractivity contribution in [3.05, 3.63) is 70.9 Å². The van der Waals surface area contributed by atoms with E-state index in [1.54, 1.807) is 36.5 Å². The lowest BCUT2D eigenvalue weighted by atomic mass is 10.1. The number of amides is 1. The number of hydrogen-bond acceptors (Lipinski definition) is 4. The zero-order valence-corrected chi connectivity index (χ0v) is 15.5. The monoisotopic (exact) mass is 382 g/mol. The van der Waals surface area contributed by atoms with Crippen LogP contribution in [-0.4, -0.2) is 28.9 Å². The first kappa shape index (κ1) is 18.7. The van der Waals surface area contributed by atoms with Gasteiger partial charge in [0.2, 0.25) is 0 Å². The van der Waals surface area contributed by atoms with Gasteiger partial charge in [-0.1, -0.05) is 30.7 Å². The van der Waals surface area contributed by atoms with Gasteiger partial charge in [0.25, 0.3) is 5.91 Å². The van der Waals surface area contributed by atoms with Crippen molar-refractivity contribution in [3.8, 4) is 17.0 Å². The molecule has 0 saturated heterocycles. The summed E-state index contributed by atoms with van der Waals surface area (Å²) in [5.41, 5.74) is 5.18. The molecular weight excluding hydrogens is 364 g/mol. The van der Waals surface area contributed by atoms with Gasteiger partial charge < -0.3 is 4.74 Å². The maximum absolute atomic E-state index is 12.2. The topological polar surface area (TPSA) is 79.4 Å². The number of nitrogens with one attached hydrogen (secondary N) is 2. The largest absolute Gasteiger partial charge is 0.494 e. The smallest absolute Gasteiger partial charge is 0.289 e. The SMILES string of the molecule is CCCOc1ccc(-c2cc(C(=O)NN=Cc3ccc(Cl)cc3)[nH]n2)cc1. The minimum Gasteiger partial charge on any atom is -0.494 e. The molecule has 138 valence electrons. The Labute approximate surface area is 162 Å². The van der Waals surface area contributed by atoms with Crippen molar-refractivity contribution in [2.24, 2.45) is 5.10 Å². The molecule has 3 rings (SSSR count). The predicted molar refractivity (Wildman–Crippen MR) is 106 cm³/mol. The summed E-state index contributed by atoms with van der Waals surface area (Å²) in [5, 5.41) is 11.5. The van der Waals surface area contributed by atoms with Crippen LogP contribution >= 0.6 is 11.6 Å². The fraction of sp³-hybridized carbons (Fsp3) is 0.150. The zero-order valence-electron chi connectivity index (χ0n) is 14.8. The quantitative estimate of drug-likeness (QED) is 0.472. The maximum atomic E-state index is 12.2. The molecule has 0 atom stereocenters. The average Bonchev–Trinajstić information content (AvgIpc) is 3.18. The normalized spacial score (nSPS) is 10.9. The molecule has 0 aliphatic rings. The Bertz CT molecular complexity index is 918. The molecule has 0 bridgehead atoms. The molecule has 2 N–H and O–H groups in total. The lowest BCUT2D eigenvalue weighted by molar-refractivity contribution is 0.0950. The Balaban J connectivity index is 1.61. The molecule has 0 saturated carbocycles. The van der Waals surface area contributed by atoms with E-state index in [1.165, 1.54) is 0 Å². The summed E-state index contributed by atoms with van der Waals surface area (Å²) >= 11 is 5.83. The molecule has 1 aromatic heterocycles. The van der Waals surface area contributed by atoms with Crippen molar-refractivity contribution in [1.29, 1.82) is 0 Å². The van der Waals surface area contributed by atoms with Crippen molar-refractivity contribution in [3.63, 3.8) is 0 Å². The average molecular weight is 383 g/mol. The minimum atomic E-state index is -0.373. The Morgan fingerprint density at radius 2 is 1.96 bits per heavy atom. The molecule has 0 radical (unpaired) electrons. The number of halogens is 1. The number of aromatic nitrogens is 2. The Kier molecular flexibility index (Phi) is 6.22. The second-order valence-corrected chi connectivity index (χ2v) is 6.23. The third kappa shape index (κ3) is 5.18. The number of carbonyl (C=O) groups is 1. The summed E-state index contributed by atoms with van der Waals surface area (Å²) in [4.78, 5) is 12.2. The van der Waals surface area contributed by atoms with Crippen molar-refractivity contribution in [1.82, 2.24) is 15.6 Å². The van der Waals surface area contributed by atoms with Gasteiger partial charge >= 0.3 is 0 Å². The lowest BCUT2D eigenvalue weighted by Gasteiger charge is -2.04. The molecule has 2 aromatic carbocycles. The molecule has 0 unspecified atom stereocenters. The van der Waals surface area contributed by atoms with Crippen LogP contribution in [0.3, 0.4) is 0 Å². The van der Waals surface area contributed by atoms with Crippen LogP contribution in [0.2, 0.25) is 5.02 Å². The van der Waals surface area contributed by atoms with Gasteiger partial charge in [0, 0.05) is 10.6 Å². The second-order valence-electron chi connectivity index (χ2n) is 5.79. The van der Waals surface area contributed by atoms with Gasteiger partial charge in [-0.2, -0.15) is 10.2 Å². The van der Waals surface area contributed by atoms with Crippen LogP contribution in [0.5, 0.6) is 5.75 Å². The third-order valence-electron chi connectivity index (χ3n) is 3.70. The number of nitrogens with zero attached hydrogens (tertiary/aromatic N) is 2. The van der Waals surface area contributed by atoms with E-state index in [-0.39, 0.29) is 5.91 Å². The van der Waals surface area contributed by atoms with E-state index in [9.17, 15) is 4.79 Å². The fourth-order valence-corrected chi connectivity index (χ4v) is 2.43. The van der Waals surface area contributed by atoms with E-state index in [2.05, 4.69) is 27.6 Å². The molecule has 7 heteroatoms. The molecule has 1 amide bonds. The van der Waals surface area contributed by atoms with Gasteiger partial charge in [-0.3, -0.25) is 9.89 Å². The Morgan fingerprint density at radius 3 is 2.67 bits per heavy atom. The van der Waals surface area contributed by atoms with Crippen LogP contribution in [0.4, 0.5) is 0 Å². The Morgan fingerprint density at radius 1 is 1.22 bits per heavy atom. The second kappa shape index (κ2) is 9.00. The number of rotatable bonds is 7.